The largest absolute Gasteiger partial charge is 0.494 e. The van der Waals surface area contributed by atoms with Gasteiger partial charge in [0.2, 0.25) is 5.88 Å². The molecule has 0 unspecified atom stereocenters. The molecule has 0 fully saturated rings. The Balaban J connectivity index is 2.36. The molecule has 8 nitrogen and oxygen atoms in total. The van der Waals surface area contributed by atoms with E-state index in [1.54, 1.807) is 5.32 Å². The summed E-state index contributed by atoms with van der Waals surface area (Å²) >= 11 is 0. The molecular formula is C13H9F3N4O4. The van der Waals surface area contributed by atoms with Crippen LogP contribution in [-0.4, -0.2) is 33.4 Å². The van der Waals surface area contributed by atoms with E-state index in [1.807, 2.05) is 9.97 Å². The first-order chi connectivity index (χ1) is 11.2. The van der Waals surface area contributed by atoms with Gasteiger partial charge in [0.25, 0.3) is 5.56 Å². The summed E-state index contributed by atoms with van der Waals surface area (Å²) < 4.78 is 36.9. The van der Waals surface area contributed by atoms with Gasteiger partial charge in [-0.1, -0.05) is 12.1 Å². The Morgan fingerprint density at radius 3 is 2.50 bits per heavy atom. The summed E-state index contributed by atoms with van der Waals surface area (Å²) in [7, 11) is 0. The summed E-state index contributed by atoms with van der Waals surface area (Å²) in [6.45, 7) is 0. The quantitative estimate of drug-likeness (QED) is 0.621. The van der Waals surface area contributed by atoms with Gasteiger partial charge in [0, 0.05) is 6.21 Å². The number of amides is 1. The predicted molar refractivity (Wildman–Crippen MR) is 77.7 cm³/mol. The maximum atomic E-state index is 12.3. The first-order valence-corrected chi connectivity index (χ1v) is 6.25. The molecule has 126 valence electrons. The molecule has 1 aromatic carbocycles. The van der Waals surface area contributed by atoms with E-state index in [4.69, 9.17) is 0 Å². The Morgan fingerprint density at radius 2 is 1.88 bits per heavy atom. The number of nitrogens with one attached hydrogen (secondary N) is 3. The van der Waals surface area contributed by atoms with Crippen LogP contribution in [0.5, 0.6) is 5.88 Å². The van der Waals surface area contributed by atoms with Gasteiger partial charge in [0.05, 0.1) is 11.4 Å². The molecule has 0 radical (unpaired) electrons. The molecule has 0 aliphatic carbocycles. The molecule has 0 aliphatic heterocycles. The Kier molecular flexibility index (Phi) is 4.53. The fourth-order valence-corrected chi connectivity index (χ4v) is 1.62. The van der Waals surface area contributed by atoms with E-state index in [-0.39, 0.29) is 11.4 Å². The standard InChI is InChI=1S/C13H9F3N4O4/c14-13(15,16)11(23)18-8-4-2-1-3-7(8)17-5-6-9(21)19-12(24)20-10(6)22/h1-5H,(H,18,23)(H3,19,20,21,22,24). The van der Waals surface area contributed by atoms with Crippen LogP contribution >= 0.6 is 0 Å². The first-order valence-electron chi connectivity index (χ1n) is 6.25. The SMILES string of the molecule is O=C(Nc1ccccc1N=Cc1c(O)[nH]c(=O)[nH]c1=O)C(F)(F)F. The zero-order chi connectivity index (χ0) is 17.9. The summed E-state index contributed by atoms with van der Waals surface area (Å²) in [6, 6.07) is 5.26. The molecule has 24 heavy (non-hydrogen) atoms. The number of halogens is 3. The lowest BCUT2D eigenvalue weighted by Crippen LogP contribution is -2.29. The van der Waals surface area contributed by atoms with Crippen LogP contribution in [0.3, 0.4) is 0 Å². The molecule has 0 atom stereocenters. The van der Waals surface area contributed by atoms with Crippen LogP contribution < -0.4 is 16.6 Å². The Bertz CT molecular complexity index is 914. The summed E-state index contributed by atoms with van der Waals surface area (Å²) in [6.07, 6.45) is -4.24. The topological polar surface area (TPSA) is 127 Å². The molecule has 0 spiro atoms. The lowest BCUT2D eigenvalue weighted by Gasteiger charge is -2.09. The van der Waals surface area contributed by atoms with E-state index in [1.165, 1.54) is 24.3 Å². The van der Waals surface area contributed by atoms with E-state index in [0.717, 1.165) is 6.21 Å². The summed E-state index contributed by atoms with van der Waals surface area (Å²) in [5.74, 6) is -2.95. The van der Waals surface area contributed by atoms with Crippen LogP contribution in [0.15, 0.2) is 38.8 Å². The maximum absolute atomic E-state index is 12.3. The minimum absolute atomic E-state index is 0.0971. The highest BCUT2D eigenvalue weighted by molar-refractivity contribution is 5.98. The van der Waals surface area contributed by atoms with Gasteiger partial charge in [-0.05, 0) is 12.1 Å². The first kappa shape index (κ1) is 17.0. The number of alkyl halides is 3. The number of benzene rings is 1. The van der Waals surface area contributed by atoms with Crippen molar-refractivity contribution in [2.45, 2.75) is 6.18 Å². The zero-order valence-electron chi connectivity index (χ0n) is 11.6. The third-order valence-electron chi connectivity index (χ3n) is 2.70. The number of para-hydroxylation sites is 2. The fraction of sp³-hybridized carbons (Fsp3) is 0.0769. The number of H-pyrrole nitrogens is 2. The van der Waals surface area contributed by atoms with Crippen molar-refractivity contribution in [2.75, 3.05) is 5.32 Å². The second-order valence-corrected chi connectivity index (χ2v) is 4.40. The highest BCUT2D eigenvalue weighted by atomic mass is 19.4. The maximum Gasteiger partial charge on any atom is 0.471 e. The summed E-state index contributed by atoms with van der Waals surface area (Å²) in [5, 5.41) is 11.1. The Hall–Kier alpha value is -3.37. The molecule has 2 rings (SSSR count). The normalized spacial score (nSPS) is 11.6. The second-order valence-electron chi connectivity index (χ2n) is 4.40. The number of aromatic hydroxyl groups is 1. The fourth-order valence-electron chi connectivity index (χ4n) is 1.62. The van der Waals surface area contributed by atoms with Crippen LogP contribution in [0.4, 0.5) is 24.5 Å². The average Bonchev–Trinajstić information content (AvgIpc) is 2.46. The summed E-state index contributed by atoms with van der Waals surface area (Å²) in [5.41, 5.74) is -2.65. The number of aromatic nitrogens is 2. The molecule has 0 saturated carbocycles. The van der Waals surface area contributed by atoms with Crippen molar-refractivity contribution in [3.8, 4) is 5.88 Å². The molecule has 2 aromatic rings. The van der Waals surface area contributed by atoms with Gasteiger partial charge in [-0.2, -0.15) is 13.2 Å². The monoisotopic (exact) mass is 342 g/mol. The molecule has 0 saturated heterocycles. The molecule has 1 amide bonds. The van der Waals surface area contributed by atoms with Crippen molar-refractivity contribution >= 4 is 23.5 Å². The summed E-state index contributed by atoms with van der Waals surface area (Å²) in [4.78, 5) is 41.0. The number of anilines is 1. The zero-order valence-corrected chi connectivity index (χ0v) is 11.6. The smallest absolute Gasteiger partial charge is 0.471 e. The van der Waals surface area contributed by atoms with Gasteiger partial charge in [-0.25, -0.2) is 4.79 Å². The highest BCUT2D eigenvalue weighted by Gasteiger charge is 2.38. The minimum Gasteiger partial charge on any atom is -0.494 e. The number of nitrogens with zero attached hydrogens (tertiary/aromatic N) is 1. The van der Waals surface area contributed by atoms with Crippen LogP contribution in [0, 0.1) is 0 Å². The van der Waals surface area contributed by atoms with Crippen LogP contribution in [0.1, 0.15) is 5.56 Å². The Morgan fingerprint density at radius 1 is 1.21 bits per heavy atom. The van der Waals surface area contributed by atoms with E-state index < -0.39 is 34.8 Å². The van der Waals surface area contributed by atoms with Crippen molar-refractivity contribution < 1.29 is 23.1 Å². The number of hydrogen-bond acceptors (Lipinski definition) is 5. The lowest BCUT2D eigenvalue weighted by molar-refractivity contribution is -0.167. The molecule has 1 aromatic heterocycles. The molecular weight excluding hydrogens is 333 g/mol. The number of carbonyl (C=O) groups excluding carboxylic acids is 1. The minimum atomic E-state index is -5.08. The van der Waals surface area contributed by atoms with Crippen molar-refractivity contribution in [1.82, 2.24) is 9.97 Å². The molecule has 1 heterocycles. The van der Waals surface area contributed by atoms with Gasteiger partial charge in [-0.3, -0.25) is 24.5 Å². The number of rotatable bonds is 3. The van der Waals surface area contributed by atoms with Crippen molar-refractivity contribution in [3.05, 3.63) is 50.7 Å². The number of carbonyl (C=O) groups is 1. The van der Waals surface area contributed by atoms with Crippen LogP contribution in [-0.2, 0) is 4.79 Å². The number of hydrogen-bond donors (Lipinski definition) is 4. The van der Waals surface area contributed by atoms with Crippen LogP contribution in [0.2, 0.25) is 0 Å². The number of aromatic amines is 2. The van der Waals surface area contributed by atoms with Crippen molar-refractivity contribution in [2.24, 2.45) is 4.99 Å². The molecule has 4 N–H and O–H groups in total. The van der Waals surface area contributed by atoms with Gasteiger partial charge >= 0.3 is 17.8 Å². The van der Waals surface area contributed by atoms with E-state index in [2.05, 4.69) is 4.99 Å². The Labute approximate surface area is 130 Å². The number of aliphatic imine (C=N–C) groups is 1. The highest BCUT2D eigenvalue weighted by Crippen LogP contribution is 2.26. The van der Waals surface area contributed by atoms with Gasteiger partial charge in [0.1, 0.15) is 5.56 Å². The lowest BCUT2D eigenvalue weighted by atomic mass is 10.2. The molecule has 11 heteroatoms. The van der Waals surface area contributed by atoms with E-state index in [9.17, 15) is 32.7 Å². The third kappa shape index (κ3) is 3.88. The van der Waals surface area contributed by atoms with Gasteiger partial charge in [0.15, 0.2) is 0 Å². The van der Waals surface area contributed by atoms with Crippen molar-refractivity contribution in [1.29, 1.82) is 0 Å². The van der Waals surface area contributed by atoms with Crippen LogP contribution in [0.25, 0.3) is 0 Å². The second kappa shape index (κ2) is 6.40. The molecule has 0 aliphatic rings. The van der Waals surface area contributed by atoms with Gasteiger partial charge < -0.3 is 10.4 Å². The average molecular weight is 342 g/mol. The van der Waals surface area contributed by atoms with Crippen molar-refractivity contribution in [3.63, 3.8) is 0 Å². The predicted octanol–water partition coefficient (Wildman–Crippen LogP) is 1.02. The van der Waals surface area contributed by atoms with E-state index >= 15 is 0 Å². The van der Waals surface area contributed by atoms with E-state index in [0.29, 0.717) is 0 Å². The third-order valence-corrected chi connectivity index (χ3v) is 2.70. The van der Waals surface area contributed by atoms with Gasteiger partial charge in [-0.15, -0.1) is 0 Å². The molecule has 0 bridgehead atoms.